The van der Waals surface area contributed by atoms with E-state index in [2.05, 4.69) is 22.2 Å². The molecular weight excluding hydrogens is 302 g/mol. The standard InChI is InChI=1S/C15H21N3O3S/c1-12-7-5-6-10-14(12)17-18-15(19)11-16-22(20,21)13-8-3-2-4-9-13/h2-4,8-9,12,16H,5-7,10-11H2,1H3,(H,18,19)/b17-14-/t12-/m0/s1. The van der Waals surface area contributed by atoms with E-state index in [-0.39, 0.29) is 11.4 Å². The number of hydrazone groups is 1. The molecule has 2 rings (SSSR count). The van der Waals surface area contributed by atoms with Crippen LogP contribution < -0.4 is 10.1 Å². The minimum absolute atomic E-state index is 0.134. The Morgan fingerprint density at radius 3 is 2.68 bits per heavy atom. The number of carbonyl (C=O) groups is 1. The number of nitrogens with one attached hydrogen (secondary N) is 2. The molecule has 1 atom stereocenters. The third-order valence-electron chi connectivity index (χ3n) is 3.69. The summed E-state index contributed by atoms with van der Waals surface area (Å²) in [5.41, 5.74) is 3.41. The number of amides is 1. The molecule has 7 heteroatoms. The average molecular weight is 323 g/mol. The lowest BCUT2D eigenvalue weighted by atomic mass is 9.89. The van der Waals surface area contributed by atoms with Gasteiger partial charge in [0.1, 0.15) is 0 Å². The van der Waals surface area contributed by atoms with E-state index in [0.717, 1.165) is 25.0 Å². The molecule has 1 aliphatic rings. The van der Waals surface area contributed by atoms with Gasteiger partial charge in [-0.3, -0.25) is 4.79 Å². The van der Waals surface area contributed by atoms with Gasteiger partial charge in [-0.1, -0.05) is 31.5 Å². The second-order valence-electron chi connectivity index (χ2n) is 5.42. The topological polar surface area (TPSA) is 87.6 Å². The Kier molecular flexibility index (Phi) is 5.68. The van der Waals surface area contributed by atoms with Gasteiger partial charge >= 0.3 is 0 Å². The molecule has 22 heavy (non-hydrogen) atoms. The summed E-state index contributed by atoms with van der Waals surface area (Å²) in [6.45, 7) is 1.75. The summed E-state index contributed by atoms with van der Waals surface area (Å²) in [6, 6.07) is 7.94. The highest BCUT2D eigenvalue weighted by Gasteiger charge is 2.17. The van der Waals surface area contributed by atoms with Crippen molar-refractivity contribution in [2.24, 2.45) is 11.0 Å². The van der Waals surface area contributed by atoms with Crippen LogP contribution in [-0.2, 0) is 14.8 Å². The van der Waals surface area contributed by atoms with Gasteiger partial charge in [-0.25, -0.2) is 18.6 Å². The summed E-state index contributed by atoms with van der Waals surface area (Å²) in [7, 11) is -3.67. The highest BCUT2D eigenvalue weighted by molar-refractivity contribution is 7.89. The Hall–Kier alpha value is -1.73. The molecular formula is C15H21N3O3S. The van der Waals surface area contributed by atoms with Gasteiger partial charge < -0.3 is 0 Å². The van der Waals surface area contributed by atoms with E-state index in [4.69, 9.17) is 0 Å². The molecule has 1 aromatic carbocycles. The number of hydrogen-bond donors (Lipinski definition) is 2. The first-order chi connectivity index (χ1) is 10.5. The number of hydrogen-bond acceptors (Lipinski definition) is 4. The molecule has 0 spiro atoms. The quantitative estimate of drug-likeness (QED) is 0.808. The predicted molar refractivity (Wildman–Crippen MR) is 84.8 cm³/mol. The maximum atomic E-state index is 12.0. The molecule has 1 fully saturated rings. The van der Waals surface area contributed by atoms with Crippen molar-refractivity contribution < 1.29 is 13.2 Å². The summed E-state index contributed by atoms with van der Waals surface area (Å²) in [5.74, 6) is -0.0974. The highest BCUT2D eigenvalue weighted by atomic mass is 32.2. The summed E-state index contributed by atoms with van der Waals surface area (Å²) >= 11 is 0. The third-order valence-corrected chi connectivity index (χ3v) is 5.11. The van der Waals surface area contributed by atoms with Crippen molar-refractivity contribution in [2.45, 2.75) is 37.5 Å². The first-order valence-corrected chi connectivity index (χ1v) is 8.87. The molecule has 2 N–H and O–H groups in total. The molecule has 0 radical (unpaired) electrons. The second kappa shape index (κ2) is 7.51. The molecule has 0 bridgehead atoms. The molecule has 1 aromatic rings. The zero-order valence-electron chi connectivity index (χ0n) is 12.6. The fourth-order valence-corrected chi connectivity index (χ4v) is 3.36. The van der Waals surface area contributed by atoms with Crippen molar-refractivity contribution >= 4 is 21.6 Å². The highest BCUT2D eigenvalue weighted by Crippen LogP contribution is 2.20. The summed E-state index contributed by atoms with van der Waals surface area (Å²) in [5, 5.41) is 4.12. The minimum atomic E-state index is -3.67. The van der Waals surface area contributed by atoms with Crippen molar-refractivity contribution in [3.05, 3.63) is 30.3 Å². The van der Waals surface area contributed by atoms with Gasteiger partial charge in [0.15, 0.2) is 0 Å². The summed E-state index contributed by atoms with van der Waals surface area (Å²) in [4.78, 5) is 11.9. The number of benzene rings is 1. The van der Waals surface area contributed by atoms with Crippen LogP contribution in [0.2, 0.25) is 0 Å². The van der Waals surface area contributed by atoms with E-state index in [1.54, 1.807) is 18.2 Å². The van der Waals surface area contributed by atoms with Crippen LogP contribution in [-0.4, -0.2) is 26.6 Å². The van der Waals surface area contributed by atoms with Crippen LogP contribution in [0.1, 0.15) is 32.6 Å². The van der Waals surface area contributed by atoms with E-state index >= 15 is 0 Å². The lowest BCUT2D eigenvalue weighted by molar-refractivity contribution is -0.119. The van der Waals surface area contributed by atoms with Gasteiger partial charge in [-0.05, 0) is 37.3 Å². The molecule has 0 heterocycles. The van der Waals surface area contributed by atoms with Crippen molar-refractivity contribution in [3.8, 4) is 0 Å². The normalized spacial score (nSPS) is 20.8. The Morgan fingerprint density at radius 1 is 1.27 bits per heavy atom. The maximum absolute atomic E-state index is 12.0. The van der Waals surface area contributed by atoms with E-state index in [1.807, 2.05) is 0 Å². The van der Waals surface area contributed by atoms with E-state index in [9.17, 15) is 13.2 Å². The van der Waals surface area contributed by atoms with Crippen molar-refractivity contribution in [2.75, 3.05) is 6.54 Å². The maximum Gasteiger partial charge on any atom is 0.255 e. The van der Waals surface area contributed by atoms with Gasteiger partial charge in [0.25, 0.3) is 5.91 Å². The van der Waals surface area contributed by atoms with Gasteiger partial charge in [-0.2, -0.15) is 5.10 Å². The van der Waals surface area contributed by atoms with Crippen LogP contribution in [0.25, 0.3) is 0 Å². The van der Waals surface area contributed by atoms with Gasteiger partial charge in [-0.15, -0.1) is 0 Å². The Bertz CT molecular complexity index is 641. The first-order valence-electron chi connectivity index (χ1n) is 7.39. The van der Waals surface area contributed by atoms with Gasteiger partial charge in [0, 0.05) is 5.71 Å². The molecule has 0 aromatic heterocycles. The van der Waals surface area contributed by atoms with Gasteiger partial charge in [0.05, 0.1) is 11.4 Å². The molecule has 0 aliphatic heterocycles. The van der Waals surface area contributed by atoms with Crippen molar-refractivity contribution in [3.63, 3.8) is 0 Å². The number of nitrogens with zero attached hydrogens (tertiary/aromatic N) is 1. The average Bonchev–Trinajstić information content (AvgIpc) is 2.53. The molecule has 1 aliphatic carbocycles. The zero-order valence-corrected chi connectivity index (χ0v) is 13.4. The van der Waals surface area contributed by atoms with Crippen LogP contribution >= 0.6 is 0 Å². The first kappa shape index (κ1) is 16.6. The Labute approximate surface area is 131 Å². The fraction of sp³-hybridized carbons (Fsp3) is 0.467. The second-order valence-corrected chi connectivity index (χ2v) is 7.19. The summed E-state index contributed by atoms with van der Waals surface area (Å²) in [6.07, 6.45) is 4.23. The Balaban J connectivity index is 1.86. The predicted octanol–water partition coefficient (Wildman–Crippen LogP) is 1.65. The monoisotopic (exact) mass is 323 g/mol. The lowest BCUT2D eigenvalue weighted by Gasteiger charge is -2.19. The smallest absolute Gasteiger partial charge is 0.255 e. The lowest BCUT2D eigenvalue weighted by Crippen LogP contribution is -2.35. The minimum Gasteiger partial charge on any atom is -0.272 e. The number of rotatable bonds is 5. The molecule has 0 unspecified atom stereocenters. The van der Waals surface area contributed by atoms with Crippen LogP contribution in [0, 0.1) is 5.92 Å². The fourth-order valence-electron chi connectivity index (χ4n) is 2.35. The summed E-state index contributed by atoms with van der Waals surface area (Å²) < 4.78 is 26.2. The number of carbonyl (C=O) groups excluding carboxylic acids is 1. The van der Waals surface area contributed by atoms with Crippen molar-refractivity contribution in [1.29, 1.82) is 0 Å². The molecule has 1 amide bonds. The van der Waals surface area contributed by atoms with Crippen LogP contribution in [0.15, 0.2) is 40.3 Å². The van der Waals surface area contributed by atoms with E-state index < -0.39 is 15.9 Å². The van der Waals surface area contributed by atoms with Crippen molar-refractivity contribution in [1.82, 2.24) is 10.1 Å². The van der Waals surface area contributed by atoms with Crippen LogP contribution in [0.5, 0.6) is 0 Å². The number of sulfonamides is 1. The SMILES string of the molecule is C[C@H]1CCCC/C1=N/NC(=O)CNS(=O)(=O)c1ccccc1. The molecule has 0 saturated heterocycles. The largest absolute Gasteiger partial charge is 0.272 e. The molecule has 6 nitrogen and oxygen atoms in total. The zero-order chi connectivity index (χ0) is 16.0. The van der Waals surface area contributed by atoms with Crippen LogP contribution in [0.3, 0.4) is 0 Å². The molecule has 120 valence electrons. The van der Waals surface area contributed by atoms with E-state index in [0.29, 0.717) is 5.92 Å². The Morgan fingerprint density at radius 2 is 2.00 bits per heavy atom. The van der Waals surface area contributed by atoms with E-state index in [1.165, 1.54) is 18.6 Å². The third kappa shape index (κ3) is 4.64. The van der Waals surface area contributed by atoms with Crippen LogP contribution in [0.4, 0.5) is 0 Å². The van der Waals surface area contributed by atoms with Gasteiger partial charge in [0.2, 0.25) is 10.0 Å². The molecule has 1 saturated carbocycles.